The lowest BCUT2D eigenvalue weighted by Crippen LogP contribution is -2.38. The number of carbonyl (C=O) groups is 3. The summed E-state index contributed by atoms with van der Waals surface area (Å²) in [4.78, 5) is 54.6. The molecule has 1 saturated carbocycles. The zero-order chi connectivity index (χ0) is 17.6. The summed E-state index contributed by atoms with van der Waals surface area (Å²) < 4.78 is 0. The molecule has 25 heavy (non-hydrogen) atoms. The fraction of sp³-hybridized carbons (Fsp3) is 0.412. The van der Waals surface area contributed by atoms with Crippen molar-refractivity contribution in [3.05, 3.63) is 28.7 Å². The van der Waals surface area contributed by atoms with Crippen LogP contribution in [0.5, 0.6) is 0 Å². The molecule has 2 aliphatic rings. The van der Waals surface area contributed by atoms with Crippen molar-refractivity contribution in [3.8, 4) is 0 Å². The third kappa shape index (κ3) is 2.73. The molecule has 2 unspecified atom stereocenters. The first kappa shape index (κ1) is 15.6. The fourth-order valence-corrected chi connectivity index (χ4v) is 3.84. The minimum absolute atomic E-state index is 0.227. The molecule has 0 spiro atoms. The number of hydrogen-bond acceptors (Lipinski definition) is 4. The van der Waals surface area contributed by atoms with Crippen LogP contribution in [-0.4, -0.2) is 39.1 Å². The third-order valence-corrected chi connectivity index (χ3v) is 5.03. The second-order valence-electron chi connectivity index (χ2n) is 6.65. The van der Waals surface area contributed by atoms with Gasteiger partial charge in [0.1, 0.15) is 6.54 Å². The van der Waals surface area contributed by atoms with Gasteiger partial charge in [-0.25, -0.2) is 4.79 Å². The monoisotopic (exact) mass is 342 g/mol. The summed E-state index contributed by atoms with van der Waals surface area (Å²) in [5.74, 6) is -1.39. The molecule has 8 heteroatoms. The molecular weight excluding hydrogens is 324 g/mol. The van der Waals surface area contributed by atoms with Crippen molar-refractivity contribution in [2.75, 3.05) is 11.9 Å². The number of carbonyl (C=O) groups excluding carboxylic acids is 3. The molecule has 130 valence electrons. The number of hydrogen-bond donors (Lipinski definition) is 3. The predicted octanol–water partition coefficient (Wildman–Crippen LogP) is 0.970. The maximum Gasteiger partial charge on any atom is 0.323 e. The zero-order valence-corrected chi connectivity index (χ0v) is 13.5. The van der Waals surface area contributed by atoms with E-state index in [0.717, 1.165) is 30.6 Å². The summed E-state index contributed by atoms with van der Waals surface area (Å²) in [5, 5.41) is 2.67. The van der Waals surface area contributed by atoms with Crippen molar-refractivity contribution in [2.45, 2.75) is 25.7 Å². The standard InChI is InChI=1S/C17H18N4O4/c22-14(18-9-5-6-12-13(7-9)20-17(25)19-12)8-21-15(23)10-3-1-2-4-11(10)16(21)24/h5-7,10-11H,1-4,8H2,(H,18,22)(H2,19,20,25). The van der Waals surface area contributed by atoms with Gasteiger partial charge >= 0.3 is 5.69 Å². The number of imidazole rings is 1. The topological polar surface area (TPSA) is 115 Å². The minimum atomic E-state index is -0.433. The number of amides is 3. The minimum Gasteiger partial charge on any atom is -0.324 e. The first-order valence-electron chi connectivity index (χ1n) is 8.40. The summed E-state index contributed by atoms with van der Waals surface area (Å²) in [6.45, 7) is -0.271. The Kier molecular flexibility index (Phi) is 3.67. The average Bonchev–Trinajstić information content (AvgIpc) is 3.07. The van der Waals surface area contributed by atoms with E-state index in [4.69, 9.17) is 0 Å². The number of aromatic nitrogens is 2. The second-order valence-corrected chi connectivity index (χ2v) is 6.65. The molecule has 1 aliphatic carbocycles. The van der Waals surface area contributed by atoms with Crippen molar-refractivity contribution in [1.29, 1.82) is 0 Å². The molecule has 2 atom stereocenters. The van der Waals surface area contributed by atoms with E-state index < -0.39 is 5.91 Å². The highest BCUT2D eigenvalue weighted by atomic mass is 16.2. The van der Waals surface area contributed by atoms with Crippen LogP contribution in [0.4, 0.5) is 5.69 Å². The third-order valence-electron chi connectivity index (χ3n) is 5.03. The van der Waals surface area contributed by atoms with Gasteiger partial charge in [-0.05, 0) is 31.0 Å². The fourth-order valence-electron chi connectivity index (χ4n) is 3.84. The van der Waals surface area contributed by atoms with E-state index in [0.29, 0.717) is 16.7 Å². The van der Waals surface area contributed by atoms with E-state index in [2.05, 4.69) is 15.3 Å². The zero-order valence-electron chi connectivity index (χ0n) is 13.5. The first-order chi connectivity index (χ1) is 12.0. The van der Waals surface area contributed by atoms with Crippen LogP contribution in [0.2, 0.25) is 0 Å². The van der Waals surface area contributed by atoms with Crippen LogP contribution in [0.15, 0.2) is 23.0 Å². The van der Waals surface area contributed by atoms with Crippen LogP contribution >= 0.6 is 0 Å². The Hall–Kier alpha value is -2.90. The lowest BCUT2D eigenvalue weighted by Gasteiger charge is -2.19. The van der Waals surface area contributed by atoms with Crippen molar-refractivity contribution >= 4 is 34.4 Å². The van der Waals surface area contributed by atoms with E-state index >= 15 is 0 Å². The summed E-state index contributed by atoms with van der Waals surface area (Å²) >= 11 is 0. The number of imide groups is 1. The van der Waals surface area contributed by atoms with E-state index in [1.807, 2.05) is 0 Å². The summed E-state index contributed by atoms with van der Waals surface area (Å²) in [6, 6.07) is 4.94. The van der Waals surface area contributed by atoms with Crippen LogP contribution in [-0.2, 0) is 14.4 Å². The molecule has 1 aromatic heterocycles. The van der Waals surface area contributed by atoms with E-state index in [1.165, 1.54) is 0 Å². The normalized spacial score (nSPS) is 23.1. The highest BCUT2D eigenvalue weighted by molar-refractivity contribution is 6.08. The smallest absolute Gasteiger partial charge is 0.323 e. The summed E-state index contributed by atoms with van der Waals surface area (Å²) in [7, 11) is 0. The van der Waals surface area contributed by atoms with Gasteiger partial charge in [0, 0.05) is 5.69 Å². The van der Waals surface area contributed by atoms with Crippen molar-refractivity contribution < 1.29 is 14.4 Å². The SMILES string of the molecule is O=C(CN1C(=O)C2CCCCC2C1=O)Nc1ccc2[nH]c(=O)[nH]c2c1. The maximum atomic E-state index is 12.4. The highest BCUT2D eigenvalue weighted by Crippen LogP contribution is 2.37. The molecule has 1 aromatic carbocycles. The predicted molar refractivity (Wildman–Crippen MR) is 89.7 cm³/mol. The lowest BCUT2D eigenvalue weighted by atomic mass is 9.81. The Labute approximate surface area is 142 Å². The van der Waals surface area contributed by atoms with E-state index in [-0.39, 0.29) is 35.9 Å². The number of fused-ring (bicyclic) bond motifs is 2. The average molecular weight is 342 g/mol. The lowest BCUT2D eigenvalue weighted by molar-refractivity contribution is -0.142. The van der Waals surface area contributed by atoms with E-state index in [1.54, 1.807) is 18.2 Å². The molecule has 4 rings (SSSR count). The largest absolute Gasteiger partial charge is 0.324 e. The van der Waals surface area contributed by atoms with Gasteiger partial charge in [0.25, 0.3) is 0 Å². The Balaban J connectivity index is 1.46. The Morgan fingerprint density at radius 1 is 1.04 bits per heavy atom. The Bertz CT molecular complexity index is 904. The van der Waals surface area contributed by atoms with Crippen LogP contribution in [0.3, 0.4) is 0 Å². The van der Waals surface area contributed by atoms with Gasteiger partial charge in [-0.15, -0.1) is 0 Å². The molecule has 8 nitrogen and oxygen atoms in total. The molecule has 2 fully saturated rings. The molecule has 0 bridgehead atoms. The van der Waals surface area contributed by atoms with Gasteiger partial charge in [-0.3, -0.25) is 19.3 Å². The Morgan fingerprint density at radius 2 is 1.68 bits per heavy atom. The molecule has 3 N–H and O–H groups in total. The van der Waals surface area contributed by atoms with Gasteiger partial charge in [0.2, 0.25) is 17.7 Å². The number of H-pyrrole nitrogens is 2. The van der Waals surface area contributed by atoms with Crippen molar-refractivity contribution in [1.82, 2.24) is 14.9 Å². The summed E-state index contributed by atoms with van der Waals surface area (Å²) in [5.41, 5.74) is 1.37. The Morgan fingerprint density at radius 3 is 2.36 bits per heavy atom. The van der Waals surface area contributed by atoms with Gasteiger partial charge in [-0.2, -0.15) is 0 Å². The number of benzene rings is 1. The van der Waals surface area contributed by atoms with Crippen molar-refractivity contribution in [3.63, 3.8) is 0 Å². The van der Waals surface area contributed by atoms with Gasteiger partial charge in [0.05, 0.1) is 22.9 Å². The number of rotatable bonds is 3. The molecule has 0 radical (unpaired) electrons. The number of nitrogens with zero attached hydrogens (tertiary/aromatic N) is 1. The second kappa shape index (κ2) is 5.87. The molecule has 2 aromatic rings. The molecule has 3 amide bonds. The molecule has 2 heterocycles. The van der Waals surface area contributed by atoms with Crippen LogP contribution in [0.25, 0.3) is 11.0 Å². The molecule has 1 aliphatic heterocycles. The van der Waals surface area contributed by atoms with Gasteiger partial charge in [-0.1, -0.05) is 12.8 Å². The quantitative estimate of drug-likeness (QED) is 0.721. The number of nitrogens with one attached hydrogen (secondary N) is 3. The summed E-state index contributed by atoms with van der Waals surface area (Å²) in [6.07, 6.45) is 3.36. The maximum absolute atomic E-state index is 12.4. The number of likely N-dealkylation sites (tertiary alicyclic amines) is 1. The first-order valence-corrected chi connectivity index (χ1v) is 8.40. The highest BCUT2D eigenvalue weighted by Gasteiger charge is 2.48. The number of anilines is 1. The van der Waals surface area contributed by atoms with Crippen molar-refractivity contribution in [2.24, 2.45) is 11.8 Å². The van der Waals surface area contributed by atoms with Crippen LogP contribution < -0.4 is 11.0 Å². The van der Waals surface area contributed by atoms with Gasteiger partial charge in [0.15, 0.2) is 0 Å². The van der Waals surface area contributed by atoms with E-state index in [9.17, 15) is 19.2 Å². The number of aromatic amines is 2. The molecular formula is C17H18N4O4. The molecule has 1 saturated heterocycles. The van der Waals surface area contributed by atoms with Crippen LogP contribution in [0, 0.1) is 11.8 Å². The van der Waals surface area contributed by atoms with Gasteiger partial charge < -0.3 is 15.3 Å². The van der Waals surface area contributed by atoms with Crippen LogP contribution in [0.1, 0.15) is 25.7 Å².